The van der Waals surface area contributed by atoms with Crippen molar-refractivity contribution in [2.45, 2.75) is 55.9 Å². The maximum Gasteiger partial charge on any atom is 0.266 e. The summed E-state index contributed by atoms with van der Waals surface area (Å²) in [4.78, 5) is 34.9. The number of carbonyl (C=O) groups excluding carboxylic acids is 1. The number of aryl methyl sites for hydroxylation is 1. The predicted octanol–water partition coefficient (Wildman–Crippen LogP) is 4.54. The molecule has 0 saturated carbocycles. The Morgan fingerprint density at radius 3 is 2.82 bits per heavy atom. The first-order valence-electron chi connectivity index (χ1n) is 13.6. The Balaban J connectivity index is 1.54. The highest BCUT2D eigenvalue weighted by molar-refractivity contribution is 8.00. The number of halogens is 1. The zero-order chi connectivity index (χ0) is 26.7. The zero-order valence-corrected chi connectivity index (χ0v) is 23.5. The molecule has 3 aromatic rings. The molecule has 1 aromatic heterocycles. The van der Waals surface area contributed by atoms with E-state index >= 15 is 0 Å². The number of para-hydroxylation sites is 1. The van der Waals surface area contributed by atoms with Crippen LogP contribution in [0.25, 0.3) is 16.6 Å². The lowest BCUT2D eigenvalue weighted by atomic mass is 9.74. The van der Waals surface area contributed by atoms with Gasteiger partial charge >= 0.3 is 0 Å². The molecule has 0 radical (unpaired) electrons. The van der Waals surface area contributed by atoms with E-state index in [2.05, 4.69) is 10.2 Å². The second kappa shape index (κ2) is 11.8. The standard InChI is InChI=1S/C29H36ClN5O2S/c1-20-7-2-10-23-25(20)33-28(35(26(23)36)22-9-3-8-21(30)17-22)38-24(11-4-14-31)27(37)34-16-6-13-29(19-34)12-5-15-32-18-29/h2-3,7-10,17,24,32H,4-6,11-16,18-19,31H2,1H3. The predicted molar refractivity (Wildman–Crippen MR) is 155 cm³/mol. The van der Waals surface area contributed by atoms with Gasteiger partial charge in [-0.3, -0.25) is 14.2 Å². The molecule has 2 aliphatic rings. The number of fused-ring (bicyclic) bond motifs is 1. The van der Waals surface area contributed by atoms with Crippen LogP contribution < -0.4 is 16.6 Å². The summed E-state index contributed by atoms with van der Waals surface area (Å²) in [6.45, 7) is 6.03. The van der Waals surface area contributed by atoms with E-state index in [9.17, 15) is 9.59 Å². The van der Waals surface area contributed by atoms with E-state index in [1.54, 1.807) is 22.8 Å². The number of aromatic nitrogens is 2. The lowest BCUT2D eigenvalue weighted by molar-refractivity contribution is -0.134. The summed E-state index contributed by atoms with van der Waals surface area (Å²) in [6, 6.07) is 12.8. The summed E-state index contributed by atoms with van der Waals surface area (Å²) in [5, 5.41) is 4.74. The van der Waals surface area contributed by atoms with Crippen molar-refractivity contribution in [3.8, 4) is 5.69 Å². The third-order valence-corrected chi connectivity index (χ3v) is 9.31. The van der Waals surface area contributed by atoms with Crippen LogP contribution in [0.4, 0.5) is 0 Å². The maximum atomic E-state index is 14.1. The molecule has 2 unspecified atom stereocenters. The average Bonchev–Trinajstić information content (AvgIpc) is 2.92. The molecule has 9 heteroatoms. The molecule has 7 nitrogen and oxygen atoms in total. The highest BCUT2D eigenvalue weighted by atomic mass is 35.5. The van der Waals surface area contributed by atoms with E-state index in [4.69, 9.17) is 22.3 Å². The Morgan fingerprint density at radius 2 is 2.05 bits per heavy atom. The second-order valence-electron chi connectivity index (χ2n) is 10.7. The van der Waals surface area contributed by atoms with Crippen LogP contribution in [-0.2, 0) is 4.79 Å². The van der Waals surface area contributed by atoms with Crippen LogP contribution >= 0.6 is 23.4 Å². The normalized spacial score (nSPS) is 20.7. The number of nitrogens with two attached hydrogens (primary N) is 1. The minimum absolute atomic E-state index is 0.116. The lowest BCUT2D eigenvalue weighted by Gasteiger charge is -2.46. The van der Waals surface area contributed by atoms with E-state index < -0.39 is 0 Å². The quantitative estimate of drug-likeness (QED) is 0.329. The highest BCUT2D eigenvalue weighted by Gasteiger charge is 2.39. The van der Waals surface area contributed by atoms with Crippen LogP contribution in [0, 0.1) is 12.3 Å². The van der Waals surface area contributed by atoms with Gasteiger partial charge < -0.3 is 16.0 Å². The summed E-state index contributed by atoms with van der Waals surface area (Å²) in [5.41, 5.74) is 8.10. The summed E-state index contributed by atoms with van der Waals surface area (Å²) < 4.78 is 1.60. The first kappa shape index (κ1) is 27.2. The number of hydrogen-bond acceptors (Lipinski definition) is 6. The molecule has 5 rings (SSSR count). The maximum absolute atomic E-state index is 14.1. The number of hydrogen-bond donors (Lipinski definition) is 2. The number of nitrogens with zero attached hydrogens (tertiary/aromatic N) is 3. The largest absolute Gasteiger partial charge is 0.341 e. The van der Waals surface area contributed by atoms with Crippen LogP contribution in [0.2, 0.25) is 5.02 Å². The number of benzene rings is 2. The first-order valence-corrected chi connectivity index (χ1v) is 14.8. The number of amides is 1. The topological polar surface area (TPSA) is 93.2 Å². The summed E-state index contributed by atoms with van der Waals surface area (Å²) >= 11 is 7.69. The smallest absolute Gasteiger partial charge is 0.266 e. The second-order valence-corrected chi connectivity index (χ2v) is 12.3. The highest BCUT2D eigenvalue weighted by Crippen LogP contribution is 2.38. The molecular formula is C29H36ClN5O2S. The molecule has 2 aromatic carbocycles. The van der Waals surface area contributed by atoms with Crippen LogP contribution in [0.5, 0.6) is 0 Å². The number of nitrogens with one attached hydrogen (secondary N) is 1. The van der Waals surface area contributed by atoms with Crippen LogP contribution in [0.15, 0.2) is 52.4 Å². The van der Waals surface area contributed by atoms with E-state index in [0.29, 0.717) is 39.7 Å². The van der Waals surface area contributed by atoms with Gasteiger partial charge in [0.1, 0.15) is 0 Å². The van der Waals surface area contributed by atoms with Gasteiger partial charge in [0, 0.05) is 30.1 Å². The Hall–Kier alpha value is -2.39. The van der Waals surface area contributed by atoms with Crippen LogP contribution in [0.3, 0.4) is 0 Å². The molecule has 38 heavy (non-hydrogen) atoms. The molecule has 0 aliphatic carbocycles. The summed E-state index contributed by atoms with van der Waals surface area (Å²) in [5.74, 6) is 0.116. The first-order chi connectivity index (χ1) is 18.4. The molecule has 2 saturated heterocycles. The third kappa shape index (κ3) is 5.64. The van der Waals surface area contributed by atoms with E-state index in [1.165, 1.54) is 11.8 Å². The van der Waals surface area contributed by atoms with Crippen molar-refractivity contribution in [1.82, 2.24) is 19.8 Å². The van der Waals surface area contributed by atoms with Crippen LogP contribution in [-0.4, -0.2) is 58.3 Å². The molecule has 2 aliphatic heterocycles. The van der Waals surface area contributed by atoms with Gasteiger partial charge in [0.2, 0.25) is 5.91 Å². The van der Waals surface area contributed by atoms with Crippen molar-refractivity contribution in [3.05, 3.63) is 63.4 Å². The van der Waals surface area contributed by atoms with E-state index in [-0.39, 0.29) is 22.1 Å². The number of likely N-dealkylation sites (tertiary alicyclic amines) is 1. The fourth-order valence-corrected chi connectivity index (χ4v) is 7.31. The van der Waals surface area contributed by atoms with Gasteiger partial charge in [-0.1, -0.05) is 41.6 Å². The number of carbonyl (C=O) groups is 1. The van der Waals surface area contributed by atoms with Crippen molar-refractivity contribution in [1.29, 1.82) is 0 Å². The van der Waals surface area contributed by atoms with E-state index in [1.807, 2.05) is 31.2 Å². The molecule has 0 bridgehead atoms. The SMILES string of the molecule is Cc1cccc2c(=O)n(-c3cccc(Cl)c3)c(SC(CCCN)C(=O)N3CCCC4(CCCNC4)C3)nc12. The molecule has 3 heterocycles. The average molecular weight is 554 g/mol. The van der Waals surface area contributed by atoms with Gasteiger partial charge in [0.15, 0.2) is 5.16 Å². The van der Waals surface area contributed by atoms with Gasteiger partial charge in [-0.05, 0) is 88.4 Å². The van der Waals surface area contributed by atoms with Crippen molar-refractivity contribution in [2.75, 3.05) is 32.7 Å². The third-order valence-electron chi connectivity index (χ3n) is 7.86. The van der Waals surface area contributed by atoms with Crippen LogP contribution in [0.1, 0.15) is 44.1 Å². The van der Waals surface area contributed by atoms with E-state index in [0.717, 1.165) is 63.8 Å². The fourth-order valence-electron chi connectivity index (χ4n) is 5.90. The molecular weight excluding hydrogens is 518 g/mol. The Labute approximate surface area is 233 Å². The molecule has 3 N–H and O–H groups in total. The minimum Gasteiger partial charge on any atom is -0.341 e. The van der Waals surface area contributed by atoms with Crippen molar-refractivity contribution in [3.63, 3.8) is 0 Å². The van der Waals surface area contributed by atoms with Crippen molar-refractivity contribution < 1.29 is 4.79 Å². The van der Waals surface area contributed by atoms with Gasteiger partial charge in [0.05, 0.1) is 21.8 Å². The van der Waals surface area contributed by atoms with Gasteiger partial charge in [0.25, 0.3) is 5.56 Å². The number of rotatable bonds is 7. The van der Waals surface area contributed by atoms with Crippen molar-refractivity contribution in [2.24, 2.45) is 11.1 Å². The summed E-state index contributed by atoms with van der Waals surface area (Å²) in [7, 11) is 0. The lowest BCUT2D eigenvalue weighted by Crippen LogP contribution is -2.54. The monoisotopic (exact) mass is 553 g/mol. The van der Waals surface area contributed by atoms with Crippen molar-refractivity contribution >= 4 is 40.2 Å². The fraction of sp³-hybridized carbons (Fsp3) is 0.483. The Kier molecular flexibility index (Phi) is 8.43. The molecule has 2 fully saturated rings. The molecule has 202 valence electrons. The molecule has 2 atom stereocenters. The number of thioether (sulfide) groups is 1. The molecule has 1 spiro atoms. The van der Waals surface area contributed by atoms with Gasteiger partial charge in [-0.15, -0.1) is 0 Å². The minimum atomic E-state index is -0.385. The summed E-state index contributed by atoms with van der Waals surface area (Å²) in [6.07, 6.45) is 5.83. The van der Waals surface area contributed by atoms with Gasteiger partial charge in [-0.2, -0.15) is 0 Å². The van der Waals surface area contributed by atoms with Gasteiger partial charge in [-0.25, -0.2) is 4.98 Å². The zero-order valence-electron chi connectivity index (χ0n) is 21.9. The molecule has 1 amide bonds. The number of piperidine rings is 2. The Morgan fingerprint density at radius 1 is 1.24 bits per heavy atom. The Bertz CT molecular complexity index is 1370.